The first-order valence-corrected chi connectivity index (χ1v) is 5.54. The average Bonchev–Trinajstić information content (AvgIpc) is 2.75. The predicted molar refractivity (Wildman–Crippen MR) is 64.5 cm³/mol. The average molecular weight is 232 g/mol. The third-order valence-corrected chi connectivity index (χ3v) is 2.40. The van der Waals surface area contributed by atoms with Gasteiger partial charge in [-0.15, -0.1) is 5.10 Å². The molecule has 0 aliphatic rings. The molecule has 5 nitrogen and oxygen atoms in total. The van der Waals surface area contributed by atoms with Gasteiger partial charge in [-0.3, -0.25) is 4.68 Å². The van der Waals surface area contributed by atoms with Gasteiger partial charge in [0.15, 0.2) is 0 Å². The summed E-state index contributed by atoms with van der Waals surface area (Å²) >= 11 is 0. The molecule has 1 aromatic carbocycles. The van der Waals surface area contributed by atoms with E-state index < -0.39 is 0 Å². The molecule has 0 saturated heterocycles. The van der Waals surface area contributed by atoms with Crippen LogP contribution in [0.5, 0.6) is 6.01 Å². The monoisotopic (exact) mass is 232 g/mol. The van der Waals surface area contributed by atoms with Gasteiger partial charge >= 0.3 is 6.01 Å². The zero-order valence-electron chi connectivity index (χ0n) is 9.84. The normalized spacial score (nSPS) is 10.5. The SMILES string of the molecule is Cn1cnc(OCc2ccc(CCN)cc2)n1. The molecular weight excluding hydrogens is 216 g/mol. The Morgan fingerprint density at radius 2 is 1.94 bits per heavy atom. The number of hydrogen-bond acceptors (Lipinski definition) is 4. The maximum Gasteiger partial charge on any atom is 0.335 e. The first-order chi connectivity index (χ1) is 8.28. The Morgan fingerprint density at radius 3 is 2.53 bits per heavy atom. The molecule has 17 heavy (non-hydrogen) atoms. The molecule has 0 aliphatic carbocycles. The van der Waals surface area contributed by atoms with Crippen LogP contribution in [0.3, 0.4) is 0 Å². The molecule has 2 N–H and O–H groups in total. The van der Waals surface area contributed by atoms with E-state index in [2.05, 4.69) is 22.2 Å². The summed E-state index contributed by atoms with van der Waals surface area (Å²) in [6.07, 6.45) is 2.52. The van der Waals surface area contributed by atoms with E-state index in [0.717, 1.165) is 12.0 Å². The number of hydrogen-bond donors (Lipinski definition) is 1. The van der Waals surface area contributed by atoms with Gasteiger partial charge in [-0.1, -0.05) is 24.3 Å². The van der Waals surface area contributed by atoms with Crippen molar-refractivity contribution in [2.45, 2.75) is 13.0 Å². The number of benzene rings is 1. The van der Waals surface area contributed by atoms with Gasteiger partial charge in [0, 0.05) is 7.05 Å². The lowest BCUT2D eigenvalue weighted by molar-refractivity contribution is 0.280. The van der Waals surface area contributed by atoms with Crippen molar-refractivity contribution in [2.75, 3.05) is 6.54 Å². The van der Waals surface area contributed by atoms with E-state index in [-0.39, 0.29) is 0 Å². The molecule has 0 fully saturated rings. The van der Waals surface area contributed by atoms with Crippen LogP contribution in [0.1, 0.15) is 11.1 Å². The van der Waals surface area contributed by atoms with Crippen LogP contribution >= 0.6 is 0 Å². The highest BCUT2D eigenvalue weighted by Crippen LogP contribution is 2.08. The van der Waals surface area contributed by atoms with E-state index in [0.29, 0.717) is 19.2 Å². The quantitative estimate of drug-likeness (QED) is 0.831. The Morgan fingerprint density at radius 1 is 1.24 bits per heavy atom. The topological polar surface area (TPSA) is 66.0 Å². The second kappa shape index (κ2) is 5.45. The van der Waals surface area contributed by atoms with E-state index in [1.54, 1.807) is 11.0 Å². The summed E-state index contributed by atoms with van der Waals surface area (Å²) in [5.41, 5.74) is 7.83. The maximum atomic E-state index is 5.49. The van der Waals surface area contributed by atoms with Crippen molar-refractivity contribution in [3.8, 4) is 6.01 Å². The zero-order valence-corrected chi connectivity index (χ0v) is 9.84. The van der Waals surface area contributed by atoms with Crippen LogP contribution in [-0.4, -0.2) is 21.3 Å². The van der Waals surface area contributed by atoms with Gasteiger partial charge in [0.05, 0.1) is 0 Å². The summed E-state index contributed by atoms with van der Waals surface area (Å²) in [6.45, 7) is 1.15. The van der Waals surface area contributed by atoms with Gasteiger partial charge < -0.3 is 10.5 Å². The number of aryl methyl sites for hydroxylation is 1. The minimum Gasteiger partial charge on any atom is -0.458 e. The molecule has 0 aliphatic heterocycles. The number of rotatable bonds is 5. The van der Waals surface area contributed by atoms with E-state index in [9.17, 15) is 0 Å². The molecule has 0 unspecified atom stereocenters. The number of aromatic nitrogens is 3. The van der Waals surface area contributed by atoms with Crippen molar-refractivity contribution in [3.63, 3.8) is 0 Å². The highest BCUT2D eigenvalue weighted by Gasteiger charge is 2.00. The summed E-state index contributed by atoms with van der Waals surface area (Å²) in [6, 6.07) is 8.61. The van der Waals surface area contributed by atoms with Crippen molar-refractivity contribution in [3.05, 3.63) is 41.7 Å². The van der Waals surface area contributed by atoms with Gasteiger partial charge in [-0.2, -0.15) is 4.98 Å². The van der Waals surface area contributed by atoms with Gasteiger partial charge in [0.25, 0.3) is 0 Å². The third-order valence-electron chi connectivity index (χ3n) is 2.40. The summed E-state index contributed by atoms with van der Waals surface area (Å²) in [7, 11) is 1.81. The van der Waals surface area contributed by atoms with Crippen molar-refractivity contribution >= 4 is 0 Å². The highest BCUT2D eigenvalue weighted by molar-refractivity contribution is 5.22. The van der Waals surface area contributed by atoms with Crippen molar-refractivity contribution in [1.29, 1.82) is 0 Å². The zero-order chi connectivity index (χ0) is 12.1. The van der Waals surface area contributed by atoms with E-state index in [1.165, 1.54) is 5.56 Å². The Kier molecular flexibility index (Phi) is 3.72. The fraction of sp³-hybridized carbons (Fsp3) is 0.333. The molecule has 1 heterocycles. The molecule has 0 radical (unpaired) electrons. The fourth-order valence-corrected chi connectivity index (χ4v) is 1.50. The molecule has 2 rings (SSSR count). The van der Waals surface area contributed by atoms with Gasteiger partial charge in [-0.05, 0) is 24.1 Å². The Balaban J connectivity index is 1.90. The molecule has 0 amide bonds. The van der Waals surface area contributed by atoms with Gasteiger partial charge in [0.1, 0.15) is 12.9 Å². The summed E-state index contributed by atoms with van der Waals surface area (Å²) < 4.78 is 7.06. The summed E-state index contributed by atoms with van der Waals surface area (Å²) in [4.78, 5) is 3.99. The van der Waals surface area contributed by atoms with E-state index in [1.807, 2.05) is 19.2 Å². The largest absolute Gasteiger partial charge is 0.458 e. The molecule has 0 bridgehead atoms. The van der Waals surface area contributed by atoms with Gasteiger partial charge in [-0.25, -0.2) is 0 Å². The minimum absolute atomic E-state index is 0.401. The molecule has 0 spiro atoms. The van der Waals surface area contributed by atoms with Crippen LogP contribution < -0.4 is 10.5 Å². The van der Waals surface area contributed by atoms with Crippen molar-refractivity contribution in [2.24, 2.45) is 12.8 Å². The minimum atomic E-state index is 0.401. The van der Waals surface area contributed by atoms with Crippen LogP contribution in [0, 0.1) is 0 Å². The molecule has 1 aromatic heterocycles. The van der Waals surface area contributed by atoms with E-state index >= 15 is 0 Å². The number of nitrogens with zero attached hydrogens (tertiary/aromatic N) is 3. The summed E-state index contributed by atoms with van der Waals surface area (Å²) in [5.74, 6) is 0. The smallest absolute Gasteiger partial charge is 0.335 e. The lowest BCUT2D eigenvalue weighted by Crippen LogP contribution is -2.03. The van der Waals surface area contributed by atoms with Crippen LogP contribution in [-0.2, 0) is 20.1 Å². The first-order valence-electron chi connectivity index (χ1n) is 5.54. The lowest BCUT2D eigenvalue weighted by atomic mass is 10.1. The standard InChI is InChI=1S/C12H16N4O/c1-16-9-14-12(15-16)17-8-11-4-2-10(3-5-11)6-7-13/h2-5,9H,6-8,13H2,1H3. The van der Waals surface area contributed by atoms with Crippen LogP contribution in [0.25, 0.3) is 0 Å². The first kappa shape index (κ1) is 11.6. The Labute approximate surface area is 100 Å². The molecule has 90 valence electrons. The second-order valence-corrected chi connectivity index (χ2v) is 3.84. The molecule has 5 heteroatoms. The molecule has 0 atom stereocenters. The Hall–Kier alpha value is -1.88. The maximum absolute atomic E-state index is 5.49. The third kappa shape index (κ3) is 3.29. The highest BCUT2D eigenvalue weighted by atomic mass is 16.5. The lowest BCUT2D eigenvalue weighted by Gasteiger charge is -2.03. The second-order valence-electron chi connectivity index (χ2n) is 3.84. The number of nitrogens with two attached hydrogens (primary N) is 1. The summed E-state index contributed by atoms with van der Waals surface area (Å²) in [5, 5.41) is 4.04. The molecule has 2 aromatic rings. The van der Waals surface area contributed by atoms with E-state index in [4.69, 9.17) is 10.5 Å². The van der Waals surface area contributed by atoms with Crippen LogP contribution in [0.15, 0.2) is 30.6 Å². The van der Waals surface area contributed by atoms with Crippen LogP contribution in [0.2, 0.25) is 0 Å². The molecular formula is C12H16N4O. The van der Waals surface area contributed by atoms with Crippen molar-refractivity contribution < 1.29 is 4.74 Å². The van der Waals surface area contributed by atoms with Crippen LogP contribution in [0.4, 0.5) is 0 Å². The fourth-order valence-electron chi connectivity index (χ4n) is 1.50. The van der Waals surface area contributed by atoms with Gasteiger partial charge in [0.2, 0.25) is 0 Å². The predicted octanol–water partition coefficient (Wildman–Crippen LogP) is 0.895. The van der Waals surface area contributed by atoms with Crippen molar-refractivity contribution in [1.82, 2.24) is 14.8 Å². The number of ether oxygens (including phenoxy) is 1. The Bertz CT molecular complexity index is 464. The molecule has 0 saturated carbocycles.